The molecule has 0 aromatic heterocycles. The van der Waals surface area contributed by atoms with Crippen LogP contribution in [0.15, 0.2) is 0 Å². The van der Waals surface area contributed by atoms with Crippen molar-refractivity contribution in [2.75, 3.05) is 13.7 Å². The smallest absolute Gasteiger partial charge is 0.370 e. The molecule has 0 amide bonds. The van der Waals surface area contributed by atoms with Gasteiger partial charge in [-0.3, -0.25) is 4.18 Å². The predicted molar refractivity (Wildman–Crippen MR) is 76.6 cm³/mol. The van der Waals surface area contributed by atoms with E-state index in [4.69, 9.17) is 18.9 Å². The molecule has 1 aliphatic heterocycles. The Hall–Kier alpha value is -0.460. The van der Waals surface area contributed by atoms with E-state index < -0.39 is 52.9 Å². The molecular formula is C13H23F3O7S. The van der Waals surface area contributed by atoms with Gasteiger partial charge in [0.05, 0.1) is 18.8 Å². The number of hydrogen-bond acceptors (Lipinski definition) is 7. The summed E-state index contributed by atoms with van der Waals surface area (Å²) in [5.41, 5.74) is -5.54. The zero-order valence-electron chi connectivity index (χ0n) is 14.1. The van der Waals surface area contributed by atoms with E-state index in [0.29, 0.717) is 0 Å². The van der Waals surface area contributed by atoms with Gasteiger partial charge in [-0.05, 0) is 27.7 Å². The Morgan fingerprint density at radius 1 is 1.04 bits per heavy atom. The highest BCUT2D eigenvalue weighted by Gasteiger charge is 2.53. The molecule has 0 aromatic rings. The van der Waals surface area contributed by atoms with Crippen molar-refractivity contribution in [3.8, 4) is 0 Å². The molecule has 0 saturated carbocycles. The molecule has 4 atom stereocenters. The van der Waals surface area contributed by atoms with Crippen LogP contribution in [0.1, 0.15) is 27.7 Å². The van der Waals surface area contributed by atoms with Gasteiger partial charge in [0, 0.05) is 7.11 Å². The third-order valence-corrected chi connectivity index (χ3v) is 4.08. The lowest BCUT2D eigenvalue weighted by atomic mass is 10.0. The summed E-state index contributed by atoms with van der Waals surface area (Å²) in [7, 11) is -4.46. The molecule has 0 aliphatic carbocycles. The summed E-state index contributed by atoms with van der Waals surface area (Å²) in [5.74, 6) is 0. The minimum atomic E-state index is -5.80. The second-order valence-electron chi connectivity index (χ2n) is 5.77. The number of hydrogen-bond donors (Lipinski definition) is 0. The van der Waals surface area contributed by atoms with Gasteiger partial charge in [-0.25, -0.2) is 0 Å². The molecular weight excluding hydrogens is 357 g/mol. The molecule has 1 rings (SSSR count). The molecule has 1 fully saturated rings. The van der Waals surface area contributed by atoms with Crippen LogP contribution in [0.5, 0.6) is 0 Å². The second kappa shape index (κ2) is 8.28. The largest absolute Gasteiger partial charge is 0.523 e. The fourth-order valence-electron chi connectivity index (χ4n) is 2.18. The van der Waals surface area contributed by atoms with E-state index in [1.807, 2.05) is 0 Å². The first-order chi connectivity index (χ1) is 10.9. The molecule has 11 heteroatoms. The van der Waals surface area contributed by atoms with Crippen molar-refractivity contribution in [1.29, 1.82) is 0 Å². The van der Waals surface area contributed by atoms with Gasteiger partial charge in [0.15, 0.2) is 6.29 Å². The van der Waals surface area contributed by atoms with Crippen LogP contribution in [0.3, 0.4) is 0 Å². The molecule has 1 saturated heterocycles. The van der Waals surface area contributed by atoms with Crippen molar-refractivity contribution >= 4 is 10.1 Å². The van der Waals surface area contributed by atoms with Crippen LogP contribution in [0, 0.1) is 0 Å². The summed E-state index contributed by atoms with van der Waals surface area (Å²) < 4.78 is 86.2. The topological polar surface area (TPSA) is 80.3 Å². The third-order valence-electron chi connectivity index (χ3n) is 3.01. The van der Waals surface area contributed by atoms with E-state index in [1.54, 1.807) is 27.7 Å². The molecule has 24 heavy (non-hydrogen) atoms. The standard InChI is InChI=1S/C13H23F3O7S/c1-7(2)21-10-9(23-24(17,18)13(14,15)16)6-20-12(19-5)11(10)22-8(3)4/h7-12H,6H2,1-5H3/t9-,10+,11+,12+/m1/s1. The maximum Gasteiger partial charge on any atom is 0.523 e. The van der Waals surface area contributed by atoms with E-state index in [1.165, 1.54) is 7.11 Å². The van der Waals surface area contributed by atoms with E-state index in [9.17, 15) is 21.6 Å². The van der Waals surface area contributed by atoms with Crippen LogP contribution in [-0.4, -0.2) is 64.5 Å². The first-order valence-electron chi connectivity index (χ1n) is 7.34. The van der Waals surface area contributed by atoms with E-state index in [-0.39, 0.29) is 6.10 Å². The summed E-state index contributed by atoms with van der Waals surface area (Å²) in [6.45, 7) is 6.26. The van der Waals surface area contributed by atoms with Crippen molar-refractivity contribution in [2.24, 2.45) is 0 Å². The highest BCUT2D eigenvalue weighted by atomic mass is 32.2. The van der Waals surface area contributed by atoms with Crippen molar-refractivity contribution in [3.63, 3.8) is 0 Å². The quantitative estimate of drug-likeness (QED) is 0.492. The van der Waals surface area contributed by atoms with Crippen molar-refractivity contribution < 1.29 is 44.7 Å². The summed E-state index contributed by atoms with van der Waals surface area (Å²) in [6, 6.07) is 0. The molecule has 1 heterocycles. The lowest BCUT2D eigenvalue weighted by Gasteiger charge is -2.42. The van der Waals surface area contributed by atoms with Crippen LogP contribution in [0.2, 0.25) is 0 Å². The number of halogens is 3. The zero-order valence-corrected chi connectivity index (χ0v) is 14.9. The maximum atomic E-state index is 12.6. The Morgan fingerprint density at radius 2 is 1.54 bits per heavy atom. The normalized spacial score (nSPS) is 29.4. The molecule has 144 valence electrons. The fourth-order valence-corrected chi connectivity index (χ4v) is 2.78. The summed E-state index contributed by atoms with van der Waals surface area (Å²) >= 11 is 0. The summed E-state index contributed by atoms with van der Waals surface area (Å²) in [6.07, 6.45) is -5.27. The van der Waals surface area contributed by atoms with Gasteiger partial charge < -0.3 is 18.9 Å². The van der Waals surface area contributed by atoms with Crippen molar-refractivity contribution in [3.05, 3.63) is 0 Å². The molecule has 0 radical (unpaired) electrons. The minimum Gasteiger partial charge on any atom is -0.370 e. The molecule has 0 unspecified atom stereocenters. The van der Waals surface area contributed by atoms with Gasteiger partial charge in [-0.2, -0.15) is 21.6 Å². The Kier molecular flexibility index (Phi) is 7.45. The van der Waals surface area contributed by atoms with Crippen molar-refractivity contribution in [2.45, 2.75) is 70.0 Å². The highest BCUT2D eigenvalue weighted by Crippen LogP contribution is 2.31. The first-order valence-corrected chi connectivity index (χ1v) is 8.74. The fraction of sp³-hybridized carbons (Fsp3) is 1.00. The number of methoxy groups -OCH3 is 1. The van der Waals surface area contributed by atoms with Gasteiger partial charge >= 0.3 is 15.6 Å². The molecule has 7 nitrogen and oxygen atoms in total. The Balaban J connectivity index is 3.09. The Morgan fingerprint density at radius 3 is 1.96 bits per heavy atom. The molecule has 0 spiro atoms. The summed E-state index contributed by atoms with van der Waals surface area (Å²) in [4.78, 5) is 0. The van der Waals surface area contributed by atoms with Crippen LogP contribution in [0.4, 0.5) is 13.2 Å². The molecule has 0 aromatic carbocycles. The average Bonchev–Trinajstić information content (AvgIpc) is 2.40. The molecule has 0 bridgehead atoms. The number of ether oxygens (including phenoxy) is 4. The Bertz CT molecular complexity index is 492. The van der Waals surface area contributed by atoms with E-state index >= 15 is 0 Å². The predicted octanol–water partition coefficient (Wildman–Crippen LogP) is 1.81. The summed E-state index contributed by atoms with van der Waals surface area (Å²) in [5, 5.41) is 0. The average molecular weight is 380 g/mol. The van der Waals surface area contributed by atoms with Gasteiger partial charge in [-0.15, -0.1) is 0 Å². The first kappa shape index (κ1) is 21.6. The molecule has 1 aliphatic rings. The van der Waals surface area contributed by atoms with Crippen LogP contribution >= 0.6 is 0 Å². The zero-order chi connectivity index (χ0) is 18.7. The van der Waals surface area contributed by atoms with Gasteiger partial charge in [0.25, 0.3) is 0 Å². The lowest BCUT2D eigenvalue weighted by molar-refractivity contribution is -0.289. The third kappa shape index (κ3) is 5.53. The van der Waals surface area contributed by atoms with Gasteiger partial charge in [0.1, 0.15) is 18.3 Å². The highest BCUT2D eigenvalue weighted by molar-refractivity contribution is 7.87. The minimum absolute atomic E-state index is 0.326. The lowest BCUT2D eigenvalue weighted by Crippen LogP contribution is -2.58. The van der Waals surface area contributed by atoms with Crippen molar-refractivity contribution in [1.82, 2.24) is 0 Å². The van der Waals surface area contributed by atoms with Crippen LogP contribution in [0.25, 0.3) is 0 Å². The monoisotopic (exact) mass is 380 g/mol. The van der Waals surface area contributed by atoms with Crippen LogP contribution < -0.4 is 0 Å². The number of alkyl halides is 3. The SMILES string of the molecule is CO[C@H]1OC[C@@H](OS(=O)(=O)C(F)(F)F)[C@H](OC(C)C)[C@@H]1OC(C)C. The van der Waals surface area contributed by atoms with Gasteiger partial charge in [-0.1, -0.05) is 0 Å². The number of rotatable bonds is 7. The Labute approximate surface area is 139 Å². The van der Waals surface area contributed by atoms with E-state index in [0.717, 1.165) is 0 Å². The van der Waals surface area contributed by atoms with Crippen LogP contribution in [-0.2, 0) is 33.2 Å². The van der Waals surface area contributed by atoms with Gasteiger partial charge in [0.2, 0.25) is 0 Å². The second-order valence-corrected chi connectivity index (χ2v) is 7.33. The van der Waals surface area contributed by atoms with E-state index in [2.05, 4.69) is 4.18 Å². The molecule has 0 N–H and O–H groups in total. The maximum absolute atomic E-state index is 12.6.